The van der Waals surface area contributed by atoms with E-state index in [0.717, 1.165) is 17.8 Å². The van der Waals surface area contributed by atoms with Gasteiger partial charge >= 0.3 is 0 Å². The van der Waals surface area contributed by atoms with Crippen molar-refractivity contribution in [2.75, 3.05) is 0 Å². The molecule has 0 aromatic carbocycles. The first-order valence-electron chi connectivity index (χ1n) is 9.03. The minimum absolute atomic E-state index is 0.171. The van der Waals surface area contributed by atoms with Crippen LogP contribution in [0.4, 0.5) is 0 Å². The number of nitrogens with zero attached hydrogens (tertiary/aromatic N) is 2. The molecule has 4 fully saturated rings. The third-order valence-corrected chi connectivity index (χ3v) is 6.28. The molecule has 0 aliphatic heterocycles. The lowest BCUT2D eigenvalue weighted by atomic mass is 9.49. The maximum atomic E-state index is 12.7. The smallest absolute Gasteiger partial charge is 0.221 e. The first kappa shape index (κ1) is 15.1. The van der Waals surface area contributed by atoms with Crippen LogP contribution in [0, 0.1) is 23.2 Å². The van der Waals surface area contributed by atoms with E-state index in [-0.39, 0.29) is 11.3 Å². The minimum atomic E-state index is -0.513. The van der Waals surface area contributed by atoms with Gasteiger partial charge in [0.05, 0.1) is 5.54 Å². The van der Waals surface area contributed by atoms with Crippen LogP contribution in [-0.2, 0) is 10.3 Å². The Labute approximate surface area is 138 Å². The van der Waals surface area contributed by atoms with Gasteiger partial charge in [0.15, 0.2) is 5.82 Å². The Morgan fingerprint density at radius 2 is 1.65 bits per heavy atom. The maximum absolute atomic E-state index is 12.7. The number of aromatic nitrogens is 2. The molecule has 0 saturated heterocycles. The van der Waals surface area contributed by atoms with Crippen molar-refractivity contribution >= 4 is 5.91 Å². The molecule has 4 heteroatoms. The molecule has 0 radical (unpaired) electrons. The SMILES string of the molecule is CC(C)(NC(=O)CC12CC3CC(CC(C3)C1)C2)c1ncccn1. The predicted octanol–water partition coefficient (Wildman–Crippen LogP) is 3.43. The molecule has 4 saturated carbocycles. The Hall–Kier alpha value is -1.45. The molecule has 23 heavy (non-hydrogen) atoms. The molecule has 0 unspecified atom stereocenters. The molecule has 4 nitrogen and oxygen atoms in total. The van der Waals surface area contributed by atoms with Crippen molar-refractivity contribution in [1.82, 2.24) is 15.3 Å². The van der Waals surface area contributed by atoms with Crippen LogP contribution in [0.3, 0.4) is 0 Å². The largest absolute Gasteiger partial charge is 0.344 e. The van der Waals surface area contributed by atoms with Crippen molar-refractivity contribution in [3.63, 3.8) is 0 Å². The number of rotatable bonds is 4. The van der Waals surface area contributed by atoms with Gasteiger partial charge in [-0.3, -0.25) is 4.79 Å². The molecule has 0 atom stereocenters. The van der Waals surface area contributed by atoms with Crippen molar-refractivity contribution in [1.29, 1.82) is 0 Å². The Morgan fingerprint density at radius 1 is 1.13 bits per heavy atom. The van der Waals surface area contributed by atoms with E-state index in [2.05, 4.69) is 15.3 Å². The highest BCUT2D eigenvalue weighted by Gasteiger charge is 2.51. The van der Waals surface area contributed by atoms with Crippen LogP contribution in [0.2, 0.25) is 0 Å². The standard InChI is InChI=1S/C19H27N3O/c1-18(2,17-20-4-3-5-21-17)22-16(23)12-19-9-13-6-14(10-19)8-15(7-13)11-19/h3-5,13-15H,6-12H2,1-2H3,(H,22,23). The fraction of sp³-hybridized carbons (Fsp3) is 0.737. The summed E-state index contributed by atoms with van der Waals surface area (Å²) in [7, 11) is 0. The van der Waals surface area contributed by atoms with Crippen molar-refractivity contribution < 1.29 is 4.79 Å². The summed E-state index contributed by atoms with van der Waals surface area (Å²) in [5.41, 5.74) is -0.229. The Morgan fingerprint density at radius 3 is 2.17 bits per heavy atom. The minimum Gasteiger partial charge on any atom is -0.344 e. The third kappa shape index (κ3) is 2.88. The second kappa shape index (κ2) is 5.29. The van der Waals surface area contributed by atoms with E-state index >= 15 is 0 Å². The second-order valence-corrected chi connectivity index (χ2v) is 8.84. The lowest BCUT2D eigenvalue weighted by molar-refractivity contribution is -0.131. The first-order chi connectivity index (χ1) is 10.9. The molecule has 1 amide bonds. The van der Waals surface area contributed by atoms with Gasteiger partial charge in [0.25, 0.3) is 0 Å². The van der Waals surface area contributed by atoms with E-state index in [9.17, 15) is 4.79 Å². The van der Waals surface area contributed by atoms with Gasteiger partial charge in [-0.15, -0.1) is 0 Å². The zero-order valence-corrected chi connectivity index (χ0v) is 14.2. The molecule has 4 aliphatic rings. The van der Waals surface area contributed by atoms with E-state index in [1.54, 1.807) is 18.5 Å². The summed E-state index contributed by atoms with van der Waals surface area (Å²) in [6.07, 6.45) is 12.2. The molecule has 4 aliphatic carbocycles. The number of hydrogen-bond acceptors (Lipinski definition) is 3. The fourth-order valence-electron chi connectivity index (χ4n) is 5.92. The van der Waals surface area contributed by atoms with E-state index < -0.39 is 5.54 Å². The van der Waals surface area contributed by atoms with Gasteiger partial charge in [0.2, 0.25) is 5.91 Å². The topological polar surface area (TPSA) is 54.9 Å². The van der Waals surface area contributed by atoms with E-state index in [4.69, 9.17) is 0 Å². The quantitative estimate of drug-likeness (QED) is 0.926. The van der Waals surface area contributed by atoms with Gasteiger partial charge in [-0.1, -0.05) is 0 Å². The number of nitrogens with one attached hydrogen (secondary N) is 1. The predicted molar refractivity (Wildman–Crippen MR) is 88.4 cm³/mol. The van der Waals surface area contributed by atoms with Crippen LogP contribution in [-0.4, -0.2) is 15.9 Å². The molecule has 0 spiro atoms. The molecule has 124 valence electrons. The van der Waals surface area contributed by atoms with Gasteiger partial charge in [-0.2, -0.15) is 0 Å². The second-order valence-electron chi connectivity index (χ2n) is 8.84. The highest BCUT2D eigenvalue weighted by molar-refractivity contribution is 5.77. The van der Waals surface area contributed by atoms with Crippen LogP contribution < -0.4 is 5.32 Å². The summed E-state index contributed by atoms with van der Waals surface area (Å²) < 4.78 is 0. The molecule has 1 N–H and O–H groups in total. The monoisotopic (exact) mass is 313 g/mol. The van der Waals surface area contributed by atoms with E-state index in [1.807, 2.05) is 13.8 Å². The van der Waals surface area contributed by atoms with Crippen LogP contribution >= 0.6 is 0 Å². The summed E-state index contributed by atoms with van der Waals surface area (Å²) in [6.45, 7) is 3.97. The van der Waals surface area contributed by atoms with Crippen LogP contribution in [0.5, 0.6) is 0 Å². The first-order valence-corrected chi connectivity index (χ1v) is 9.03. The lowest BCUT2D eigenvalue weighted by Crippen LogP contribution is -2.50. The molecule has 5 rings (SSSR count). The number of carbonyl (C=O) groups excluding carboxylic acids is 1. The Kier molecular flexibility index (Phi) is 3.47. The molecule has 1 aromatic rings. The van der Waals surface area contributed by atoms with Gasteiger partial charge in [0, 0.05) is 18.8 Å². The van der Waals surface area contributed by atoms with Gasteiger partial charge in [0.1, 0.15) is 0 Å². The van der Waals surface area contributed by atoms with Crippen molar-refractivity contribution in [3.8, 4) is 0 Å². The summed E-state index contributed by atoms with van der Waals surface area (Å²) in [5, 5.41) is 3.18. The summed E-state index contributed by atoms with van der Waals surface area (Å²) in [5.74, 6) is 3.52. The third-order valence-electron chi connectivity index (χ3n) is 6.28. The average Bonchev–Trinajstić information content (AvgIpc) is 2.45. The van der Waals surface area contributed by atoms with Gasteiger partial charge in [-0.25, -0.2) is 9.97 Å². The molecule has 4 bridgehead atoms. The number of hydrogen-bond donors (Lipinski definition) is 1. The zero-order valence-electron chi connectivity index (χ0n) is 14.2. The summed E-state index contributed by atoms with van der Waals surface area (Å²) in [4.78, 5) is 21.4. The lowest BCUT2D eigenvalue weighted by Gasteiger charge is -2.56. The Bertz CT molecular complexity index is 561. The number of amides is 1. The molecule has 1 aromatic heterocycles. The summed E-state index contributed by atoms with van der Waals surface area (Å²) in [6, 6.07) is 1.80. The number of carbonyl (C=O) groups is 1. The molecular weight excluding hydrogens is 286 g/mol. The Balaban J connectivity index is 1.44. The van der Waals surface area contributed by atoms with E-state index in [0.29, 0.717) is 12.2 Å². The van der Waals surface area contributed by atoms with Crippen molar-refractivity contribution in [2.24, 2.45) is 23.2 Å². The maximum Gasteiger partial charge on any atom is 0.221 e. The average molecular weight is 313 g/mol. The summed E-state index contributed by atoms with van der Waals surface area (Å²) >= 11 is 0. The fourth-order valence-corrected chi connectivity index (χ4v) is 5.92. The zero-order chi connectivity index (χ0) is 16.1. The normalized spacial score (nSPS) is 35.3. The highest BCUT2D eigenvalue weighted by Crippen LogP contribution is 2.61. The van der Waals surface area contributed by atoms with Crippen molar-refractivity contribution in [3.05, 3.63) is 24.3 Å². The molecular formula is C19H27N3O. The van der Waals surface area contributed by atoms with Crippen LogP contribution in [0.25, 0.3) is 0 Å². The van der Waals surface area contributed by atoms with Crippen LogP contribution in [0.1, 0.15) is 64.6 Å². The van der Waals surface area contributed by atoms with Gasteiger partial charge < -0.3 is 5.32 Å². The van der Waals surface area contributed by atoms with Crippen LogP contribution in [0.15, 0.2) is 18.5 Å². The van der Waals surface area contributed by atoms with E-state index in [1.165, 1.54) is 38.5 Å². The van der Waals surface area contributed by atoms with Gasteiger partial charge in [-0.05, 0) is 81.6 Å². The van der Waals surface area contributed by atoms with Crippen molar-refractivity contribution in [2.45, 2.75) is 64.3 Å². The molecule has 1 heterocycles. The highest BCUT2D eigenvalue weighted by atomic mass is 16.1.